The molecule has 0 aliphatic carbocycles. The number of furan rings is 1. The Kier molecular flexibility index (Phi) is 6.35. The summed E-state index contributed by atoms with van der Waals surface area (Å²) in [7, 11) is 0. The Morgan fingerprint density at radius 3 is 2.11 bits per heavy atom. The maximum atomic E-state index is 13.7. The predicted octanol–water partition coefficient (Wildman–Crippen LogP) is 7.50. The zero-order valence-corrected chi connectivity index (χ0v) is 19.5. The topological polar surface area (TPSA) is 81.2 Å². The number of anilines is 1. The van der Waals surface area contributed by atoms with Crippen molar-refractivity contribution in [3.63, 3.8) is 0 Å². The number of nitrogens with one attached hydrogen (secondary N) is 1. The number of aromatic nitrogens is 2. The van der Waals surface area contributed by atoms with Crippen molar-refractivity contribution in [1.29, 1.82) is 0 Å². The van der Waals surface area contributed by atoms with Gasteiger partial charge in [0, 0.05) is 5.56 Å². The van der Waals surface area contributed by atoms with Crippen LogP contribution < -0.4 is 5.32 Å². The maximum absolute atomic E-state index is 13.7. The van der Waals surface area contributed by atoms with Gasteiger partial charge in [-0.1, -0.05) is 60.6 Å². The average Bonchev–Trinajstić information content (AvgIpc) is 3.60. The number of rotatable bonds is 6. The molecule has 2 heterocycles. The van der Waals surface area contributed by atoms with Crippen molar-refractivity contribution in [3.8, 4) is 33.9 Å². The second kappa shape index (κ2) is 9.77. The van der Waals surface area contributed by atoms with E-state index in [1.54, 1.807) is 24.3 Å². The first-order chi connectivity index (χ1) is 17.8. The van der Waals surface area contributed by atoms with Crippen molar-refractivity contribution >= 4 is 11.9 Å². The quantitative estimate of drug-likeness (QED) is 0.260. The summed E-state index contributed by atoms with van der Waals surface area (Å²) < 4.78 is 51.5. The minimum absolute atomic E-state index is 0.0226. The van der Waals surface area contributed by atoms with Crippen LogP contribution in [0.5, 0.6) is 0 Å². The van der Waals surface area contributed by atoms with Gasteiger partial charge in [-0.2, -0.15) is 13.2 Å². The van der Waals surface area contributed by atoms with Gasteiger partial charge in [0.15, 0.2) is 5.76 Å². The van der Waals surface area contributed by atoms with Crippen molar-refractivity contribution in [1.82, 2.24) is 10.2 Å². The van der Waals surface area contributed by atoms with E-state index in [4.69, 9.17) is 8.83 Å². The Morgan fingerprint density at radius 2 is 1.51 bits per heavy atom. The molecule has 0 radical (unpaired) electrons. The van der Waals surface area contributed by atoms with Crippen LogP contribution in [0.25, 0.3) is 33.9 Å². The van der Waals surface area contributed by atoms with E-state index in [0.717, 1.165) is 29.7 Å². The normalized spacial score (nSPS) is 11.5. The third-order valence-electron chi connectivity index (χ3n) is 5.81. The number of aryl methyl sites for hydroxylation is 1. The molecule has 0 bridgehead atoms. The zero-order valence-electron chi connectivity index (χ0n) is 19.5. The molecular weight excluding hydrogens is 483 g/mol. The summed E-state index contributed by atoms with van der Waals surface area (Å²) in [6.07, 6.45) is -2.30. The van der Waals surface area contributed by atoms with Crippen LogP contribution in [-0.2, 0) is 12.6 Å². The number of carbonyl (C=O) groups is 1. The fourth-order valence-corrected chi connectivity index (χ4v) is 3.82. The van der Waals surface area contributed by atoms with E-state index in [0.29, 0.717) is 11.3 Å². The minimum Gasteiger partial charge on any atom is -0.459 e. The van der Waals surface area contributed by atoms with Crippen molar-refractivity contribution in [3.05, 3.63) is 102 Å². The number of nitrogens with zero attached hydrogens (tertiary/aromatic N) is 2. The van der Waals surface area contributed by atoms with Crippen molar-refractivity contribution < 1.29 is 26.8 Å². The van der Waals surface area contributed by atoms with Gasteiger partial charge in [-0.25, -0.2) is 0 Å². The third-order valence-corrected chi connectivity index (χ3v) is 5.81. The molecule has 37 heavy (non-hydrogen) atoms. The van der Waals surface area contributed by atoms with Crippen molar-refractivity contribution in [2.45, 2.75) is 19.5 Å². The average molecular weight is 503 g/mol. The summed E-state index contributed by atoms with van der Waals surface area (Å²) in [5.74, 6) is -0.511. The Bertz CT molecular complexity index is 1520. The molecule has 9 heteroatoms. The van der Waals surface area contributed by atoms with Crippen LogP contribution in [0.2, 0.25) is 0 Å². The molecular formula is C28H20F3N3O3. The van der Waals surface area contributed by atoms with E-state index < -0.39 is 17.6 Å². The van der Waals surface area contributed by atoms with E-state index in [9.17, 15) is 18.0 Å². The molecule has 0 spiro atoms. The monoisotopic (exact) mass is 503 g/mol. The highest BCUT2D eigenvalue weighted by Gasteiger charge is 2.32. The largest absolute Gasteiger partial charge is 0.459 e. The number of amides is 1. The lowest BCUT2D eigenvalue weighted by Gasteiger charge is -2.13. The van der Waals surface area contributed by atoms with Gasteiger partial charge in [-0.05, 0) is 64.6 Å². The molecule has 0 saturated heterocycles. The molecule has 5 aromatic rings. The van der Waals surface area contributed by atoms with Gasteiger partial charge in [-0.3, -0.25) is 10.1 Å². The van der Waals surface area contributed by atoms with E-state index in [1.807, 2.05) is 36.4 Å². The molecule has 6 nitrogen and oxygen atoms in total. The Hall–Kier alpha value is -4.66. The van der Waals surface area contributed by atoms with E-state index in [2.05, 4.69) is 22.4 Å². The maximum Gasteiger partial charge on any atom is 0.416 e. The third kappa shape index (κ3) is 5.30. The number of halogens is 3. The van der Waals surface area contributed by atoms with Crippen LogP contribution in [0.1, 0.15) is 28.4 Å². The first kappa shape index (κ1) is 24.1. The van der Waals surface area contributed by atoms with Crippen molar-refractivity contribution in [2.75, 3.05) is 5.32 Å². The van der Waals surface area contributed by atoms with Crippen molar-refractivity contribution in [2.24, 2.45) is 0 Å². The van der Waals surface area contributed by atoms with Gasteiger partial charge in [0.25, 0.3) is 11.8 Å². The summed E-state index contributed by atoms with van der Waals surface area (Å²) in [6.45, 7) is 2.08. The lowest BCUT2D eigenvalue weighted by Crippen LogP contribution is -2.14. The van der Waals surface area contributed by atoms with Gasteiger partial charge in [0.05, 0.1) is 11.8 Å². The highest BCUT2D eigenvalue weighted by molar-refractivity contribution is 6.04. The van der Waals surface area contributed by atoms with Gasteiger partial charge in [0.2, 0.25) is 0 Å². The summed E-state index contributed by atoms with van der Waals surface area (Å²) >= 11 is 0. The molecule has 0 unspecified atom stereocenters. The molecule has 3 aromatic carbocycles. The van der Waals surface area contributed by atoms with Crippen LogP contribution >= 0.6 is 0 Å². The molecule has 0 fully saturated rings. The van der Waals surface area contributed by atoms with Gasteiger partial charge >= 0.3 is 12.2 Å². The number of carbonyl (C=O) groups excluding carboxylic acids is 1. The van der Waals surface area contributed by atoms with Crippen LogP contribution in [0.15, 0.2) is 94.0 Å². The van der Waals surface area contributed by atoms with E-state index >= 15 is 0 Å². The highest BCUT2D eigenvalue weighted by Crippen LogP contribution is 2.34. The number of hydrogen-bond donors (Lipinski definition) is 1. The van der Waals surface area contributed by atoms with E-state index in [-0.39, 0.29) is 23.0 Å². The number of benzene rings is 3. The minimum atomic E-state index is -4.65. The van der Waals surface area contributed by atoms with Crippen LogP contribution in [-0.4, -0.2) is 16.1 Å². The first-order valence-electron chi connectivity index (χ1n) is 11.4. The number of alkyl halides is 3. The Balaban J connectivity index is 1.43. The van der Waals surface area contributed by atoms with E-state index in [1.165, 1.54) is 17.9 Å². The Morgan fingerprint density at radius 1 is 0.865 bits per heavy atom. The fourth-order valence-electron chi connectivity index (χ4n) is 3.82. The first-order valence-corrected chi connectivity index (χ1v) is 11.4. The van der Waals surface area contributed by atoms with Crippen LogP contribution in [0.3, 0.4) is 0 Å². The smallest absolute Gasteiger partial charge is 0.416 e. The standard InChI is InChI=1S/C28H20F3N3O3/c1-2-17-5-7-18(8-6-17)19-9-11-20(12-10-19)21-14-22(16-23(15-21)28(29,30)31)25(35)32-27-34-33-26(37-27)24-4-3-13-36-24/h3-16H,2H2,1H3,(H,32,34,35). The lowest BCUT2D eigenvalue weighted by atomic mass is 9.96. The fraction of sp³-hybridized carbons (Fsp3) is 0.107. The summed E-state index contributed by atoms with van der Waals surface area (Å²) in [5.41, 5.74) is 2.77. The molecule has 1 N–H and O–H groups in total. The molecule has 0 aliphatic rings. The Labute approximate surface area is 209 Å². The summed E-state index contributed by atoms with van der Waals surface area (Å²) in [5, 5.41) is 9.82. The second-order valence-electron chi connectivity index (χ2n) is 8.27. The molecule has 5 rings (SSSR count). The number of hydrogen-bond acceptors (Lipinski definition) is 5. The van der Waals surface area contributed by atoms with Gasteiger partial charge in [0.1, 0.15) is 0 Å². The van der Waals surface area contributed by atoms with Crippen LogP contribution in [0, 0.1) is 0 Å². The molecule has 2 aromatic heterocycles. The zero-order chi connectivity index (χ0) is 26.0. The van der Waals surface area contributed by atoms with Gasteiger partial charge in [-0.15, -0.1) is 5.10 Å². The summed E-state index contributed by atoms with van der Waals surface area (Å²) in [6, 6.07) is 21.4. The lowest BCUT2D eigenvalue weighted by molar-refractivity contribution is -0.137. The molecule has 1 amide bonds. The van der Waals surface area contributed by atoms with Gasteiger partial charge < -0.3 is 8.83 Å². The second-order valence-corrected chi connectivity index (χ2v) is 8.27. The predicted molar refractivity (Wildman–Crippen MR) is 132 cm³/mol. The molecule has 0 saturated carbocycles. The molecule has 0 aliphatic heterocycles. The molecule has 0 atom stereocenters. The molecule has 186 valence electrons. The highest BCUT2D eigenvalue weighted by atomic mass is 19.4. The SMILES string of the molecule is CCc1ccc(-c2ccc(-c3cc(C(=O)Nc4nnc(-c5ccco5)o4)cc(C(F)(F)F)c3)cc2)cc1. The summed E-state index contributed by atoms with van der Waals surface area (Å²) in [4.78, 5) is 12.8. The van der Waals surface area contributed by atoms with Crippen LogP contribution in [0.4, 0.5) is 19.2 Å².